The van der Waals surface area contributed by atoms with E-state index in [1.807, 2.05) is 6.07 Å². The summed E-state index contributed by atoms with van der Waals surface area (Å²) in [6.07, 6.45) is 4.02. The molecule has 0 aliphatic heterocycles. The van der Waals surface area contributed by atoms with E-state index in [4.69, 9.17) is 10.5 Å². The van der Waals surface area contributed by atoms with Crippen molar-refractivity contribution in [3.05, 3.63) is 24.0 Å². The Bertz CT molecular complexity index is 453. The number of ether oxygens (including phenoxy) is 1. The van der Waals surface area contributed by atoms with Gasteiger partial charge in [-0.3, -0.25) is 5.10 Å². The Balaban J connectivity index is 2.34. The summed E-state index contributed by atoms with van der Waals surface area (Å²) in [5, 5.41) is 14.4. The van der Waals surface area contributed by atoms with Gasteiger partial charge in [0.2, 0.25) is 0 Å². The van der Waals surface area contributed by atoms with Gasteiger partial charge in [0, 0.05) is 24.7 Å². The molecule has 0 saturated heterocycles. The first-order valence-electron chi connectivity index (χ1n) is 4.91. The molecule has 2 rings (SSSR count). The predicted molar refractivity (Wildman–Crippen MR) is 59.6 cm³/mol. The fourth-order valence-electron chi connectivity index (χ4n) is 1.51. The number of methoxy groups -OCH3 is 1. The third-order valence-electron chi connectivity index (χ3n) is 2.33. The molecular formula is C10H13N5O. The molecule has 0 spiro atoms. The van der Waals surface area contributed by atoms with Gasteiger partial charge >= 0.3 is 0 Å². The van der Waals surface area contributed by atoms with Crippen LogP contribution in [0, 0.1) is 0 Å². The fourth-order valence-corrected chi connectivity index (χ4v) is 1.51. The number of nitrogen functional groups attached to an aromatic ring is 1. The number of H-pyrrole nitrogens is 1. The largest absolute Gasteiger partial charge is 0.384 e. The first kappa shape index (κ1) is 10.6. The maximum Gasteiger partial charge on any atom is 0.149 e. The summed E-state index contributed by atoms with van der Waals surface area (Å²) in [4.78, 5) is 0. The maximum absolute atomic E-state index is 5.79. The summed E-state index contributed by atoms with van der Waals surface area (Å²) >= 11 is 0. The van der Waals surface area contributed by atoms with E-state index in [2.05, 4.69) is 20.4 Å². The summed E-state index contributed by atoms with van der Waals surface area (Å²) in [6, 6.07) is 1.86. The molecule has 2 heterocycles. The van der Waals surface area contributed by atoms with E-state index < -0.39 is 0 Å². The molecule has 0 bridgehead atoms. The van der Waals surface area contributed by atoms with Gasteiger partial charge in [-0.05, 0) is 6.07 Å². The maximum atomic E-state index is 5.79. The Kier molecular flexibility index (Phi) is 3.11. The van der Waals surface area contributed by atoms with Crippen LogP contribution >= 0.6 is 0 Å². The average Bonchev–Trinajstić information content (AvgIpc) is 2.69. The summed E-state index contributed by atoms with van der Waals surface area (Å²) in [7, 11) is 1.66. The monoisotopic (exact) mass is 219 g/mol. The van der Waals surface area contributed by atoms with Crippen molar-refractivity contribution in [2.75, 3.05) is 19.5 Å². The van der Waals surface area contributed by atoms with Crippen LogP contribution in [-0.4, -0.2) is 34.1 Å². The standard InChI is InChI=1S/C10H13N5O/c1-16-5-3-8-9(14-15-10(8)11)7-2-4-12-13-6-7/h2,4,6H,3,5H2,1H3,(H3,11,14,15). The van der Waals surface area contributed by atoms with Crippen molar-refractivity contribution in [3.63, 3.8) is 0 Å². The molecule has 0 saturated carbocycles. The molecule has 0 atom stereocenters. The van der Waals surface area contributed by atoms with E-state index >= 15 is 0 Å². The number of rotatable bonds is 4. The Labute approximate surface area is 92.8 Å². The van der Waals surface area contributed by atoms with Crippen LogP contribution in [0.1, 0.15) is 5.56 Å². The minimum absolute atomic E-state index is 0.504. The summed E-state index contributed by atoms with van der Waals surface area (Å²) in [5.41, 5.74) is 8.54. The van der Waals surface area contributed by atoms with Crippen LogP contribution in [0.4, 0.5) is 5.82 Å². The zero-order valence-corrected chi connectivity index (χ0v) is 8.97. The number of nitrogens with two attached hydrogens (primary N) is 1. The lowest BCUT2D eigenvalue weighted by atomic mass is 10.1. The highest BCUT2D eigenvalue weighted by Crippen LogP contribution is 2.24. The van der Waals surface area contributed by atoms with Crippen molar-refractivity contribution in [1.29, 1.82) is 0 Å². The van der Waals surface area contributed by atoms with E-state index in [0.717, 1.165) is 23.2 Å². The van der Waals surface area contributed by atoms with E-state index in [9.17, 15) is 0 Å². The smallest absolute Gasteiger partial charge is 0.149 e. The molecule has 6 heteroatoms. The van der Waals surface area contributed by atoms with Gasteiger partial charge < -0.3 is 10.5 Å². The van der Waals surface area contributed by atoms with E-state index in [1.165, 1.54) is 0 Å². The molecule has 0 aliphatic rings. The number of aromatic nitrogens is 4. The molecule has 0 aliphatic carbocycles. The summed E-state index contributed by atoms with van der Waals surface area (Å²) in [6.45, 7) is 0.606. The lowest BCUT2D eigenvalue weighted by molar-refractivity contribution is 0.202. The normalized spacial score (nSPS) is 10.6. The minimum atomic E-state index is 0.504. The second-order valence-electron chi connectivity index (χ2n) is 3.34. The van der Waals surface area contributed by atoms with Crippen LogP contribution in [0.2, 0.25) is 0 Å². The summed E-state index contributed by atoms with van der Waals surface area (Å²) in [5.74, 6) is 0.504. The van der Waals surface area contributed by atoms with Gasteiger partial charge in [0.15, 0.2) is 0 Å². The molecule has 3 N–H and O–H groups in total. The average molecular weight is 219 g/mol. The number of hydrogen-bond donors (Lipinski definition) is 2. The minimum Gasteiger partial charge on any atom is -0.384 e. The zero-order valence-electron chi connectivity index (χ0n) is 8.97. The number of aromatic amines is 1. The second-order valence-corrected chi connectivity index (χ2v) is 3.34. The highest BCUT2D eigenvalue weighted by Gasteiger charge is 2.12. The number of hydrogen-bond acceptors (Lipinski definition) is 5. The first-order valence-corrected chi connectivity index (χ1v) is 4.91. The van der Waals surface area contributed by atoms with E-state index in [0.29, 0.717) is 12.4 Å². The SMILES string of the molecule is COCCc1c(N)n[nH]c1-c1ccnnc1. The molecular weight excluding hydrogens is 206 g/mol. The quantitative estimate of drug-likeness (QED) is 0.787. The van der Waals surface area contributed by atoms with Crippen LogP contribution in [-0.2, 0) is 11.2 Å². The van der Waals surface area contributed by atoms with Crippen LogP contribution in [0.5, 0.6) is 0 Å². The first-order chi connectivity index (χ1) is 7.83. The third-order valence-corrected chi connectivity index (χ3v) is 2.33. The summed E-state index contributed by atoms with van der Waals surface area (Å²) < 4.78 is 5.04. The van der Waals surface area contributed by atoms with Crippen molar-refractivity contribution >= 4 is 5.82 Å². The molecule has 0 aromatic carbocycles. The Hall–Kier alpha value is -1.95. The van der Waals surface area contributed by atoms with Crippen LogP contribution < -0.4 is 5.73 Å². The molecule has 6 nitrogen and oxygen atoms in total. The fraction of sp³-hybridized carbons (Fsp3) is 0.300. The van der Waals surface area contributed by atoms with Crippen molar-refractivity contribution in [2.24, 2.45) is 0 Å². The molecule has 0 unspecified atom stereocenters. The molecule has 0 radical (unpaired) electrons. The molecule has 16 heavy (non-hydrogen) atoms. The van der Waals surface area contributed by atoms with E-state index in [1.54, 1.807) is 19.5 Å². The topological polar surface area (TPSA) is 89.7 Å². The lowest BCUT2D eigenvalue weighted by Crippen LogP contribution is -1.99. The highest BCUT2D eigenvalue weighted by molar-refractivity contribution is 5.66. The van der Waals surface area contributed by atoms with Gasteiger partial charge in [-0.1, -0.05) is 0 Å². The van der Waals surface area contributed by atoms with Gasteiger partial charge in [-0.25, -0.2) is 0 Å². The van der Waals surface area contributed by atoms with Crippen molar-refractivity contribution in [1.82, 2.24) is 20.4 Å². The van der Waals surface area contributed by atoms with Crippen molar-refractivity contribution < 1.29 is 4.74 Å². The Morgan fingerprint density at radius 1 is 1.44 bits per heavy atom. The molecule has 0 fully saturated rings. The van der Waals surface area contributed by atoms with Gasteiger partial charge in [0.25, 0.3) is 0 Å². The van der Waals surface area contributed by atoms with Gasteiger partial charge in [0.05, 0.1) is 24.7 Å². The lowest BCUT2D eigenvalue weighted by Gasteiger charge is -2.02. The molecule has 2 aromatic heterocycles. The van der Waals surface area contributed by atoms with Gasteiger partial charge in [-0.2, -0.15) is 15.3 Å². The predicted octanol–water partition coefficient (Wildman–Crippen LogP) is 0.638. The second kappa shape index (κ2) is 4.71. The zero-order chi connectivity index (χ0) is 11.4. The number of nitrogens with zero attached hydrogens (tertiary/aromatic N) is 3. The molecule has 84 valence electrons. The Morgan fingerprint density at radius 3 is 3.00 bits per heavy atom. The highest BCUT2D eigenvalue weighted by atomic mass is 16.5. The van der Waals surface area contributed by atoms with E-state index in [-0.39, 0.29) is 0 Å². The van der Waals surface area contributed by atoms with Crippen LogP contribution in [0.25, 0.3) is 11.3 Å². The molecule has 0 amide bonds. The third kappa shape index (κ3) is 2.01. The number of anilines is 1. The molecule has 2 aromatic rings. The van der Waals surface area contributed by atoms with Gasteiger partial charge in [0.1, 0.15) is 5.82 Å². The van der Waals surface area contributed by atoms with Gasteiger partial charge in [-0.15, -0.1) is 0 Å². The Morgan fingerprint density at radius 2 is 2.31 bits per heavy atom. The van der Waals surface area contributed by atoms with Crippen molar-refractivity contribution in [3.8, 4) is 11.3 Å². The van der Waals surface area contributed by atoms with Crippen LogP contribution in [0.15, 0.2) is 18.5 Å². The van der Waals surface area contributed by atoms with Crippen molar-refractivity contribution in [2.45, 2.75) is 6.42 Å². The number of nitrogens with one attached hydrogen (secondary N) is 1. The van der Waals surface area contributed by atoms with Crippen LogP contribution in [0.3, 0.4) is 0 Å².